The van der Waals surface area contributed by atoms with Crippen molar-refractivity contribution in [3.8, 4) is 0 Å². The zero-order valence-corrected chi connectivity index (χ0v) is 22.8. The van der Waals surface area contributed by atoms with Crippen LogP contribution in [-0.4, -0.2) is 47.3 Å². The van der Waals surface area contributed by atoms with Crippen LogP contribution in [0, 0.1) is 6.92 Å². The van der Waals surface area contributed by atoms with Crippen LogP contribution in [0.4, 0.5) is 5.69 Å². The Morgan fingerprint density at radius 3 is 2.35 bits per heavy atom. The largest absolute Gasteiger partial charge is 0.383 e. The van der Waals surface area contributed by atoms with Gasteiger partial charge in [-0.2, -0.15) is 4.99 Å². The van der Waals surface area contributed by atoms with Crippen molar-refractivity contribution in [1.82, 2.24) is 4.57 Å². The predicted molar refractivity (Wildman–Crippen MR) is 143 cm³/mol. The number of nitrogens with one attached hydrogen (secondary N) is 1. The maximum absolute atomic E-state index is 13.3. The second-order valence-electron chi connectivity index (χ2n) is 8.31. The Labute approximate surface area is 219 Å². The summed E-state index contributed by atoms with van der Waals surface area (Å²) in [6.07, 6.45) is 1.13. The second kappa shape index (κ2) is 10.6. The van der Waals surface area contributed by atoms with Gasteiger partial charge in [-0.25, -0.2) is 16.8 Å². The molecular formula is C25H25N3O6S3. The van der Waals surface area contributed by atoms with Crippen molar-refractivity contribution in [2.75, 3.05) is 24.7 Å². The van der Waals surface area contributed by atoms with E-state index in [1.54, 1.807) is 48.1 Å². The van der Waals surface area contributed by atoms with Crippen LogP contribution in [0.1, 0.15) is 15.9 Å². The van der Waals surface area contributed by atoms with E-state index in [2.05, 4.69) is 9.71 Å². The van der Waals surface area contributed by atoms with Gasteiger partial charge >= 0.3 is 0 Å². The van der Waals surface area contributed by atoms with Crippen molar-refractivity contribution in [3.05, 3.63) is 82.7 Å². The summed E-state index contributed by atoms with van der Waals surface area (Å²) in [6.45, 7) is 2.57. The molecule has 0 atom stereocenters. The fraction of sp³-hybridized carbons (Fsp3) is 0.200. The third-order valence-electron chi connectivity index (χ3n) is 5.53. The van der Waals surface area contributed by atoms with Crippen molar-refractivity contribution in [3.63, 3.8) is 0 Å². The first-order valence-corrected chi connectivity index (χ1v) is 15.3. The Morgan fingerprint density at radius 2 is 1.68 bits per heavy atom. The molecule has 0 fully saturated rings. The number of amides is 1. The third kappa shape index (κ3) is 5.99. The van der Waals surface area contributed by atoms with Crippen LogP contribution in [0.2, 0.25) is 0 Å². The lowest BCUT2D eigenvalue weighted by Gasteiger charge is -2.11. The monoisotopic (exact) mass is 559 g/mol. The molecule has 1 amide bonds. The van der Waals surface area contributed by atoms with Gasteiger partial charge in [0, 0.05) is 19.9 Å². The molecule has 0 radical (unpaired) electrons. The molecule has 4 rings (SSSR count). The molecule has 0 bridgehead atoms. The molecule has 3 aromatic carbocycles. The number of para-hydroxylation sites is 1. The minimum Gasteiger partial charge on any atom is -0.383 e. The number of carbonyl (C=O) groups excluding carboxylic acids is 1. The molecule has 9 nitrogen and oxygen atoms in total. The van der Waals surface area contributed by atoms with Gasteiger partial charge in [0.1, 0.15) is 0 Å². The fourth-order valence-corrected chi connectivity index (χ4v) is 6.49. The molecule has 1 aromatic heterocycles. The maximum Gasteiger partial charge on any atom is 0.281 e. The normalized spacial score (nSPS) is 12.7. The van der Waals surface area contributed by atoms with E-state index < -0.39 is 25.8 Å². The van der Waals surface area contributed by atoms with Crippen molar-refractivity contribution in [2.24, 2.45) is 4.99 Å². The standard InChI is InChI=1S/C25H25N3O6S3/c1-17-8-10-18(11-9-17)37(32,33)27-21-7-5-4-6-20(21)24(29)26-25-28(14-15-34-2)22-13-12-19(36(3,30)31)16-23(22)35-25/h4-13,16,27H,14-15H2,1-3H3. The zero-order valence-electron chi connectivity index (χ0n) is 20.3. The van der Waals surface area contributed by atoms with Crippen molar-refractivity contribution >= 4 is 53.0 Å². The minimum absolute atomic E-state index is 0.0703. The van der Waals surface area contributed by atoms with E-state index in [-0.39, 0.29) is 21.0 Å². The average Bonchev–Trinajstić information content (AvgIpc) is 3.18. The van der Waals surface area contributed by atoms with Crippen LogP contribution in [0.5, 0.6) is 0 Å². The van der Waals surface area contributed by atoms with Gasteiger partial charge in [-0.05, 0) is 49.4 Å². The molecule has 194 valence electrons. The molecule has 0 spiro atoms. The SMILES string of the molecule is COCCn1c(=NC(=O)c2ccccc2NS(=O)(=O)c2ccc(C)cc2)sc2cc(S(C)(=O)=O)ccc21. The number of methoxy groups -OCH3 is 1. The van der Waals surface area contributed by atoms with E-state index in [1.165, 1.54) is 30.3 Å². The zero-order chi connectivity index (χ0) is 26.8. The van der Waals surface area contributed by atoms with Crippen molar-refractivity contribution in [1.29, 1.82) is 0 Å². The molecular weight excluding hydrogens is 534 g/mol. The van der Waals surface area contributed by atoms with Crippen LogP contribution >= 0.6 is 11.3 Å². The number of sulfone groups is 1. The molecule has 0 aliphatic heterocycles. The number of ether oxygens (including phenoxy) is 1. The molecule has 0 aliphatic rings. The number of aryl methyl sites for hydroxylation is 1. The van der Waals surface area contributed by atoms with Gasteiger partial charge < -0.3 is 9.30 Å². The predicted octanol–water partition coefficient (Wildman–Crippen LogP) is 3.60. The molecule has 12 heteroatoms. The van der Waals surface area contributed by atoms with Gasteiger partial charge in [0.05, 0.1) is 37.9 Å². The molecule has 4 aromatic rings. The molecule has 0 saturated heterocycles. The highest BCUT2D eigenvalue weighted by atomic mass is 32.2. The van der Waals surface area contributed by atoms with Gasteiger partial charge in [0.2, 0.25) is 0 Å². The molecule has 37 heavy (non-hydrogen) atoms. The summed E-state index contributed by atoms with van der Waals surface area (Å²) in [4.78, 5) is 18.1. The van der Waals surface area contributed by atoms with E-state index in [9.17, 15) is 21.6 Å². The summed E-state index contributed by atoms with van der Waals surface area (Å²) in [5.41, 5.74) is 1.79. The summed E-state index contributed by atoms with van der Waals surface area (Å²) in [5, 5.41) is 0. The molecule has 0 aliphatic carbocycles. The van der Waals surface area contributed by atoms with E-state index in [0.717, 1.165) is 23.2 Å². The molecule has 0 saturated carbocycles. The number of benzene rings is 3. The first-order chi connectivity index (χ1) is 17.5. The number of fused-ring (bicyclic) bond motifs is 1. The first-order valence-electron chi connectivity index (χ1n) is 11.1. The van der Waals surface area contributed by atoms with Crippen LogP contribution in [0.25, 0.3) is 10.2 Å². The molecule has 0 unspecified atom stereocenters. The van der Waals surface area contributed by atoms with E-state index in [0.29, 0.717) is 28.2 Å². The Hall–Kier alpha value is -3.32. The second-order valence-corrected chi connectivity index (χ2v) is 13.0. The number of hydrogen-bond donors (Lipinski definition) is 1. The fourth-order valence-electron chi connectivity index (χ4n) is 3.59. The summed E-state index contributed by atoms with van der Waals surface area (Å²) in [6, 6.07) is 17.3. The number of carbonyl (C=O) groups is 1. The van der Waals surface area contributed by atoms with Gasteiger partial charge in [0.15, 0.2) is 14.6 Å². The van der Waals surface area contributed by atoms with E-state index in [4.69, 9.17) is 4.74 Å². The number of nitrogens with zero attached hydrogens (tertiary/aromatic N) is 2. The van der Waals surface area contributed by atoms with Crippen LogP contribution in [-0.2, 0) is 31.1 Å². The first kappa shape index (κ1) is 26.7. The Morgan fingerprint density at radius 1 is 1.00 bits per heavy atom. The van der Waals surface area contributed by atoms with Crippen LogP contribution in [0.15, 0.2) is 81.5 Å². The lowest BCUT2D eigenvalue weighted by molar-refractivity contribution is 0.0998. The van der Waals surface area contributed by atoms with Crippen LogP contribution < -0.4 is 9.52 Å². The van der Waals surface area contributed by atoms with Gasteiger partial charge in [-0.15, -0.1) is 0 Å². The number of anilines is 1. The number of sulfonamides is 1. The van der Waals surface area contributed by atoms with Gasteiger partial charge in [-0.3, -0.25) is 9.52 Å². The lowest BCUT2D eigenvalue weighted by Crippen LogP contribution is -2.20. The Bertz CT molecular complexity index is 1750. The van der Waals surface area contributed by atoms with E-state index >= 15 is 0 Å². The van der Waals surface area contributed by atoms with Crippen LogP contribution in [0.3, 0.4) is 0 Å². The smallest absolute Gasteiger partial charge is 0.281 e. The highest BCUT2D eigenvalue weighted by Crippen LogP contribution is 2.24. The molecule has 1 N–H and O–H groups in total. The summed E-state index contributed by atoms with van der Waals surface area (Å²) >= 11 is 1.16. The summed E-state index contributed by atoms with van der Waals surface area (Å²) in [7, 11) is -5.81. The highest BCUT2D eigenvalue weighted by molar-refractivity contribution is 7.92. The van der Waals surface area contributed by atoms with Gasteiger partial charge in [0.25, 0.3) is 15.9 Å². The van der Waals surface area contributed by atoms with Gasteiger partial charge in [-0.1, -0.05) is 41.2 Å². The Kier molecular flexibility index (Phi) is 7.64. The third-order valence-corrected chi connectivity index (χ3v) is 9.06. The molecule has 1 heterocycles. The number of thiazole rings is 1. The number of aromatic nitrogens is 1. The summed E-state index contributed by atoms with van der Waals surface area (Å²) in [5.74, 6) is -0.650. The van der Waals surface area contributed by atoms with Crippen molar-refractivity contribution < 1.29 is 26.4 Å². The quantitative estimate of drug-likeness (QED) is 0.352. The van der Waals surface area contributed by atoms with Crippen molar-refractivity contribution in [2.45, 2.75) is 23.3 Å². The number of rotatable bonds is 8. The lowest BCUT2D eigenvalue weighted by atomic mass is 10.2. The Balaban J connectivity index is 1.77. The average molecular weight is 560 g/mol. The maximum atomic E-state index is 13.3. The highest BCUT2D eigenvalue weighted by Gasteiger charge is 2.19. The van der Waals surface area contributed by atoms with E-state index in [1.807, 2.05) is 6.92 Å². The number of hydrogen-bond acceptors (Lipinski definition) is 7. The summed E-state index contributed by atoms with van der Waals surface area (Å²) < 4.78 is 60.0. The topological polar surface area (TPSA) is 124 Å². The minimum atomic E-state index is -3.94.